The summed E-state index contributed by atoms with van der Waals surface area (Å²) >= 11 is 3.38. The largest absolute Gasteiger partial charge is 0.368 e. The molecule has 1 aromatic carbocycles. The second-order valence-electron chi connectivity index (χ2n) is 4.05. The van der Waals surface area contributed by atoms with Crippen molar-refractivity contribution in [2.75, 3.05) is 22.5 Å². The Hall–Kier alpha value is -2.15. The lowest BCUT2D eigenvalue weighted by Crippen LogP contribution is -2.35. The van der Waals surface area contributed by atoms with Crippen LogP contribution < -0.4 is 16.0 Å². The molecule has 2 aromatic rings. The zero-order chi connectivity index (χ0) is 13.4. The number of carbonyl (C=O) groups is 1. The Morgan fingerprint density at radius 2 is 2.16 bits per heavy atom. The van der Waals surface area contributed by atoms with E-state index in [1.165, 1.54) is 0 Å². The quantitative estimate of drug-likeness (QED) is 0.838. The lowest BCUT2D eigenvalue weighted by atomic mass is 10.2. The van der Waals surface area contributed by atoms with Crippen molar-refractivity contribution in [2.45, 2.75) is 0 Å². The molecule has 0 radical (unpaired) electrons. The van der Waals surface area contributed by atoms with Gasteiger partial charge in [-0.25, -0.2) is 4.98 Å². The van der Waals surface area contributed by atoms with Gasteiger partial charge < -0.3 is 16.0 Å². The number of carbonyl (C=O) groups excluding carboxylic acids is 1. The number of fused-ring (bicyclic) bond motifs is 1. The minimum Gasteiger partial charge on any atom is -0.368 e. The molecule has 0 spiro atoms. The average Bonchev–Trinajstić information content (AvgIpc) is 2.40. The third kappa shape index (κ3) is 2.12. The molecule has 19 heavy (non-hydrogen) atoms. The number of nitrogens with one attached hydrogen (secondary N) is 1. The van der Waals surface area contributed by atoms with Gasteiger partial charge in [0.1, 0.15) is 6.54 Å². The Balaban J connectivity index is 2.15. The van der Waals surface area contributed by atoms with E-state index in [1.54, 1.807) is 11.1 Å². The SMILES string of the molecule is Nc1ncc(Br)c(N2CC(=O)Nc3ccccc32)n1. The molecular formula is C12H10BrN5O. The monoisotopic (exact) mass is 319 g/mol. The fourth-order valence-electron chi connectivity index (χ4n) is 1.98. The van der Waals surface area contributed by atoms with E-state index < -0.39 is 0 Å². The summed E-state index contributed by atoms with van der Waals surface area (Å²) in [6.07, 6.45) is 1.58. The topological polar surface area (TPSA) is 84.1 Å². The Labute approximate surface area is 117 Å². The van der Waals surface area contributed by atoms with Crippen LogP contribution in [0.4, 0.5) is 23.1 Å². The number of rotatable bonds is 1. The Kier molecular flexibility index (Phi) is 2.83. The Bertz CT molecular complexity index is 660. The van der Waals surface area contributed by atoms with Crippen LogP contribution in [-0.2, 0) is 4.79 Å². The van der Waals surface area contributed by atoms with Crippen LogP contribution in [-0.4, -0.2) is 22.4 Å². The number of hydrogen-bond acceptors (Lipinski definition) is 5. The van der Waals surface area contributed by atoms with E-state index in [2.05, 4.69) is 31.2 Å². The first-order valence-electron chi connectivity index (χ1n) is 5.59. The van der Waals surface area contributed by atoms with Crippen LogP contribution in [0.25, 0.3) is 0 Å². The summed E-state index contributed by atoms with van der Waals surface area (Å²) in [7, 11) is 0. The normalized spacial score (nSPS) is 13.9. The number of benzene rings is 1. The van der Waals surface area contributed by atoms with E-state index in [0.717, 1.165) is 11.4 Å². The van der Waals surface area contributed by atoms with Crippen molar-refractivity contribution in [1.82, 2.24) is 9.97 Å². The number of halogens is 1. The molecular weight excluding hydrogens is 310 g/mol. The lowest BCUT2D eigenvalue weighted by molar-refractivity contribution is -0.115. The van der Waals surface area contributed by atoms with E-state index >= 15 is 0 Å². The zero-order valence-electron chi connectivity index (χ0n) is 9.80. The molecule has 1 amide bonds. The minimum atomic E-state index is -0.0946. The molecule has 96 valence electrons. The Morgan fingerprint density at radius 3 is 3.00 bits per heavy atom. The number of nitrogens with zero attached hydrogens (tertiary/aromatic N) is 3. The highest BCUT2D eigenvalue weighted by molar-refractivity contribution is 9.10. The molecule has 0 aliphatic carbocycles. The third-order valence-electron chi connectivity index (χ3n) is 2.77. The van der Waals surface area contributed by atoms with Gasteiger partial charge in [-0.2, -0.15) is 4.98 Å². The number of hydrogen-bond donors (Lipinski definition) is 2. The molecule has 0 bridgehead atoms. The fraction of sp³-hybridized carbons (Fsp3) is 0.0833. The molecule has 1 aliphatic heterocycles. The predicted octanol–water partition coefficient (Wildman–Crippen LogP) is 1.91. The van der Waals surface area contributed by atoms with Crippen molar-refractivity contribution in [3.05, 3.63) is 34.9 Å². The van der Waals surface area contributed by atoms with Crippen LogP contribution in [0.5, 0.6) is 0 Å². The van der Waals surface area contributed by atoms with E-state index in [0.29, 0.717) is 10.3 Å². The van der Waals surface area contributed by atoms with Gasteiger partial charge in [-0.15, -0.1) is 0 Å². The second kappa shape index (κ2) is 4.51. The van der Waals surface area contributed by atoms with Crippen molar-refractivity contribution >= 4 is 45.0 Å². The minimum absolute atomic E-state index is 0.0946. The Morgan fingerprint density at radius 1 is 1.37 bits per heavy atom. The van der Waals surface area contributed by atoms with Gasteiger partial charge in [0.25, 0.3) is 0 Å². The van der Waals surface area contributed by atoms with Crippen LogP contribution in [0.1, 0.15) is 0 Å². The summed E-state index contributed by atoms with van der Waals surface area (Å²) in [6, 6.07) is 7.53. The van der Waals surface area contributed by atoms with Crippen LogP contribution in [0.2, 0.25) is 0 Å². The summed E-state index contributed by atoms with van der Waals surface area (Å²) in [5.41, 5.74) is 7.25. The van der Waals surface area contributed by atoms with Gasteiger partial charge in [0.05, 0.1) is 15.8 Å². The first kappa shape index (κ1) is 11.9. The van der Waals surface area contributed by atoms with Crippen LogP contribution in [0.15, 0.2) is 34.9 Å². The van der Waals surface area contributed by atoms with Crippen LogP contribution in [0.3, 0.4) is 0 Å². The molecule has 6 nitrogen and oxygen atoms in total. The molecule has 0 saturated carbocycles. The third-order valence-corrected chi connectivity index (χ3v) is 3.33. The number of para-hydroxylation sites is 2. The average molecular weight is 320 g/mol. The molecule has 1 aliphatic rings. The summed E-state index contributed by atoms with van der Waals surface area (Å²) in [5, 5.41) is 2.82. The van der Waals surface area contributed by atoms with Gasteiger partial charge in [-0.05, 0) is 28.1 Å². The van der Waals surface area contributed by atoms with Crippen molar-refractivity contribution in [1.29, 1.82) is 0 Å². The molecule has 7 heteroatoms. The van der Waals surface area contributed by atoms with E-state index in [4.69, 9.17) is 5.73 Å². The number of amides is 1. The van der Waals surface area contributed by atoms with Crippen molar-refractivity contribution < 1.29 is 4.79 Å². The number of nitrogens with two attached hydrogens (primary N) is 1. The molecule has 0 unspecified atom stereocenters. The fourth-order valence-corrected chi connectivity index (χ4v) is 2.39. The number of anilines is 4. The zero-order valence-corrected chi connectivity index (χ0v) is 11.4. The van der Waals surface area contributed by atoms with Crippen LogP contribution in [0, 0.1) is 0 Å². The molecule has 3 rings (SSSR count). The smallest absolute Gasteiger partial charge is 0.244 e. The van der Waals surface area contributed by atoms with Gasteiger partial charge in [-0.1, -0.05) is 12.1 Å². The lowest BCUT2D eigenvalue weighted by Gasteiger charge is -2.30. The van der Waals surface area contributed by atoms with Crippen molar-refractivity contribution in [2.24, 2.45) is 0 Å². The molecule has 2 heterocycles. The van der Waals surface area contributed by atoms with Gasteiger partial charge in [0, 0.05) is 6.20 Å². The standard InChI is InChI=1S/C12H10BrN5O/c13-7-5-15-12(14)17-11(7)18-6-10(19)16-8-3-1-2-4-9(8)18/h1-5H,6H2,(H,16,19)(H2,14,15,17). The van der Waals surface area contributed by atoms with E-state index in [9.17, 15) is 4.79 Å². The highest BCUT2D eigenvalue weighted by Crippen LogP contribution is 2.36. The van der Waals surface area contributed by atoms with Crippen LogP contribution >= 0.6 is 15.9 Å². The maximum absolute atomic E-state index is 11.8. The first-order chi connectivity index (χ1) is 9.15. The summed E-state index contributed by atoms with van der Waals surface area (Å²) in [6.45, 7) is 0.187. The highest BCUT2D eigenvalue weighted by Gasteiger charge is 2.25. The molecule has 0 saturated heterocycles. The van der Waals surface area contributed by atoms with Gasteiger partial charge in [0.2, 0.25) is 11.9 Å². The predicted molar refractivity (Wildman–Crippen MR) is 76.2 cm³/mol. The highest BCUT2D eigenvalue weighted by atomic mass is 79.9. The second-order valence-corrected chi connectivity index (χ2v) is 4.91. The summed E-state index contributed by atoms with van der Waals surface area (Å²) in [4.78, 5) is 21.7. The number of aromatic nitrogens is 2. The summed E-state index contributed by atoms with van der Waals surface area (Å²) < 4.78 is 0.686. The summed E-state index contributed by atoms with van der Waals surface area (Å²) in [5.74, 6) is 0.652. The maximum atomic E-state index is 11.8. The van der Waals surface area contributed by atoms with Crippen molar-refractivity contribution in [3.63, 3.8) is 0 Å². The van der Waals surface area contributed by atoms with E-state index in [-0.39, 0.29) is 18.4 Å². The first-order valence-corrected chi connectivity index (χ1v) is 6.39. The van der Waals surface area contributed by atoms with Gasteiger partial charge in [-0.3, -0.25) is 4.79 Å². The molecule has 0 fully saturated rings. The van der Waals surface area contributed by atoms with Crippen molar-refractivity contribution in [3.8, 4) is 0 Å². The van der Waals surface area contributed by atoms with Gasteiger partial charge in [0.15, 0.2) is 5.82 Å². The maximum Gasteiger partial charge on any atom is 0.244 e. The molecule has 0 atom stereocenters. The number of nitrogen functional groups attached to an aromatic ring is 1. The van der Waals surface area contributed by atoms with Gasteiger partial charge >= 0.3 is 0 Å². The molecule has 1 aromatic heterocycles. The molecule has 3 N–H and O–H groups in total. The van der Waals surface area contributed by atoms with E-state index in [1.807, 2.05) is 24.3 Å².